The van der Waals surface area contributed by atoms with Crippen molar-refractivity contribution in [2.24, 2.45) is 0 Å². The Hall–Kier alpha value is -16.5. The number of rotatable bonds is 9. The lowest BCUT2D eigenvalue weighted by atomic mass is 9.62. The number of fused-ring (bicyclic) bond motifs is 26. The average molecular weight is 1720 g/mol. The minimum atomic E-state index is -3.63. The zero-order chi connectivity index (χ0) is 86.9. The van der Waals surface area contributed by atoms with E-state index in [0.29, 0.717) is 34.9 Å². The van der Waals surface area contributed by atoms with Gasteiger partial charge in [-0.1, -0.05) is 364 Å². The molecule has 0 amide bonds. The maximum atomic E-state index is 17.4. The lowest BCUT2D eigenvalue weighted by Crippen LogP contribution is -2.48. The molecule has 8 heterocycles. The molecule has 4 aliphatic heterocycles. The van der Waals surface area contributed by atoms with Crippen LogP contribution in [0.3, 0.4) is 0 Å². The molecule has 0 saturated carbocycles. The smallest absolute Gasteiger partial charge is 0.171 e. The molecule has 12 heteroatoms. The van der Waals surface area contributed by atoms with Gasteiger partial charge in [-0.15, -0.1) is 0 Å². The lowest BCUT2D eigenvalue weighted by molar-refractivity contribution is 0.589. The molecule has 4 unspecified atom stereocenters. The monoisotopic (exact) mass is 1720 g/mol. The van der Waals surface area contributed by atoms with Crippen LogP contribution in [0.2, 0.25) is 0 Å². The van der Waals surface area contributed by atoms with E-state index in [2.05, 4.69) is 373 Å². The first-order valence-corrected chi connectivity index (χ1v) is 48.2. The first-order valence-electron chi connectivity index (χ1n) is 44.8. The van der Waals surface area contributed by atoms with E-state index >= 15 is 9.13 Å². The molecule has 10 nitrogen and oxygen atoms in total. The van der Waals surface area contributed by atoms with E-state index in [0.717, 1.165) is 208 Å². The predicted octanol–water partition coefficient (Wildman–Crippen LogP) is 25.8. The van der Waals surface area contributed by atoms with Crippen LogP contribution in [0.4, 0.5) is 0 Å². The fraction of sp³-hybridized carbons (Fsp3) is 0.0167. The molecule has 0 saturated heterocycles. The highest BCUT2D eigenvalue weighted by Crippen LogP contribution is 2.64. The number of hydrogen-bond donors (Lipinski definition) is 0. The molecule has 0 fully saturated rings. The molecule has 0 radical (unpaired) electrons. The van der Waals surface area contributed by atoms with Crippen molar-refractivity contribution in [2.75, 3.05) is 0 Å². The zero-order valence-electron chi connectivity index (χ0n) is 70.9. The predicted molar refractivity (Wildman–Crippen MR) is 540 cm³/mol. The highest BCUT2D eigenvalue weighted by atomic mass is 31.2. The van der Waals surface area contributed by atoms with Crippen LogP contribution in [-0.4, -0.2) is 39.0 Å². The SMILES string of the molecule is O=P1(c2ccccc2)c2ccccc2C2(c3ccccc3-n3c4ccccc4c4cccc2c43)c2cc(-c3nc(-c4ccc5ccccc5c4)nc(-c4ccc5cc(-c6ccc7cccc(-c8nc(-c9ccc%10c(c9)C9(c%11ccccc%11-n%11c%12ccccc%12c%12cccc9c%12%11)c9ccccc9P%10(=O)c9ccccc9)nc(-c9cccc%10ccccc9%10)n8)c7c6)ccc5c4)n3)ccc21. The van der Waals surface area contributed by atoms with Crippen molar-refractivity contribution in [1.29, 1.82) is 0 Å². The van der Waals surface area contributed by atoms with E-state index in [9.17, 15) is 0 Å². The molecule has 0 bridgehead atoms. The van der Waals surface area contributed by atoms with Crippen LogP contribution < -0.4 is 31.8 Å². The van der Waals surface area contributed by atoms with Gasteiger partial charge in [0.05, 0.1) is 44.3 Å². The Kier molecular flexibility index (Phi) is 15.8. The second kappa shape index (κ2) is 28.0. The van der Waals surface area contributed by atoms with E-state index in [-0.39, 0.29) is 0 Å². The largest absolute Gasteiger partial charge is 0.309 e. The second-order valence-electron chi connectivity index (χ2n) is 35.2. The maximum Gasteiger partial charge on any atom is 0.171 e. The third kappa shape index (κ3) is 10.3. The number of aromatic nitrogens is 8. The van der Waals surface area contributed by atoms with Crippen molar-refractivity contribution in [3.63, 3.8) is 0 Å². The van der Waals surface area contributed by atoms with Crippen molar-refractivity contribution in [2.45, 2.75) is 10.8 Å². The molecule has 0 N–H and O–H groups in total. The summed E-state index contributed by atoms with van der Waals surface area (Å²) in [5.74, 6) is 3.05. The molecule has 4 aliphatic rings. The molecule has 24 aromatic rings. The number of nitrogens with zero attached hydrogens (tertiary/aromatic N) is 8. The third-order valence-corrected chi connectivity index (χ3v) is 35.0. The van der Waals surface area contributed by atoms with Gasteiger partial charge in [0.15, 0.2) is 49.2 Å². The van der Waals surface area contributed by atoms with Gasteiger partial charge in [-0.2, -0.15) is 0 Å². The van der Waals surface area contributed by atoms with Gasteiger partial charge in [0.1, 0.15) is 0 Å². The Labute approximate surface area is 758 Å². The van der Waals surface area contributed by atoms with E-state index in [4.69, 9.17) is 29.9 Å². The summed E-state index contributed by atoms with van der Waals surface area (Å²) in [6, 6.07) is 154. The first-order chi connectivity index (χ1) is 65.2. The summed E-state index contributed by atoms with van der Waals surface area (Å²) in [4.78, 5) is 33.5. The van der Waals surface area contributed by atoms with Crippen LogP contribution in [0.25, 0.3) is 178 Å². The quantitative estimate of drug-likeness (QED) is 0.131. The summed E-state index contributed by atoms with van der Waals surface area (Å²) in [7, 11) is -7.24. The molecule has 4 atom stereocenters. The van der Waals surface area contributed by atoms with Crippen LogP contribution in [0.1, 0.15) is 44.5 Å². The van der Waals surface area contributed by atoms with Gasteiger partial charge >= 0.3 is 0 Å². The van der Waals surface area contributed by atoms with Crippen LogP contribution in [0.5, 0.6) is 0 Å². The van der Waals surface area contributed by atoms with Crippen molar-refractivity contribution >= 4 is 133 Å². The van der Waals surface area contributed by atoms with Crippen LogP contribution in [0, 0.1) is 0 Å². The summed E-state index contributed by atoms with van der Waals surface area (Å²) in [5.41, 5.74) is 19.8. The van der Waals surface area contributed by atoms with Crippen LogP contribution in [-0.2, 0) is 20.0 Å². The van der Waals surface area contributed by atoms with Crippen molar-refractivity contribution in [3.05, 3.63) is 481 Å². The van der Waals surface area contributed by atoms with Crippen molar-refractivity contribution < 1.29 is 9.13 Å². The van der Waals surface area contributed by atoms with Gasteiger partial charge in [0.2, 0.25) is 0 Å². The zero-order valence-corrected chi connectivity index (χ0v) is 72.6. The summed E-state index contributed by atoms with van der Waals surface area (Å²) in [5, 5.41) is 17.7. The average Bonchev–Trinajstić information content (AvgIpc) is 1.22. The summed E-state index contributed by atoms with van der Waals surface area (Å²) < 4.78 is 39.6. The Bertz CT molecular complexity index is 9300. The molecule has 2 spiro atoms. The molecule has 132 heavy (non-hydrogen) atoms. The first kappa shape index (κ1) is 74.6. The van der Waals surface area contributed by atoms with E-state index < -0.39 is 25.1 Å². The van der Waals surface area contributed by atoms with Crippen molar-refractivity contribution in [1.82, 2.24) is 39.0 Å². The Morgan fingerprint density at radius 1 is 0.197 bits per heavy atom. The van der Waals surface area contributed by atoms with E-state index in [1.807, 2.05) is 72.8 Å². The highest BCUT2D eigenvalue weighted by Gasteiger charge is 2.57. The van der Waals surface area contributed by atoms with Gasteiger partial charge in [0.25, 0.3) is 0 Å². The summed E-state index contributed by atoms with van der Waals surface area (Å²) >= 11 is 0. The second-order valence-corrected chi connectivity index (χ2v) is 40.6. The van der Waals surface area contributed by atoms with Gasteiger partial charge in [-0.3, -0.25) is 0 Å². The number of benzene rings is 20. The fourth-order valence-electron chi connectivity index (χ4n) is 23.0. The highest BCUT2D eigenvalue weighted by molar-refractivity contribution is 7.86. The molecule has 0 aliphatic carbocycles. The molecule has 4 aromatic heterocycles. The number of para-hydroxylation sites is 6. The van der Waals surface area contributed by atoms with E-state index in [1.165, 1.54) is 10.8 Å². The topological polar surface area (TPSA) is 121 Å². The van der Waals surface area contributed by atoms with Crippen LogP contribution in [0.15, 0.2) is 437 Å². The Morgan fingerprint density at radius 2 is 0.515 bits per heavy atom. The van der Waals surface area contributed by atoms with Gasteiger partial charge in [-0.05, 0) is 172 Å². The van der Waals surface area contributed by atoms with Gasteiger partial charge < -0.3 is 18.3 Å². The summed E-state index contributed by atoms with van der Waals surface area (Å²) in [6.07, 6.45) is 0. The van der Waals surface area contributed by atoms with Crippen LogP contribution >= 0.6 is 14.3 Å². The number of hydrogen-bond acceptors (Lipinski definition) is 8. The summed E-state index contributed by atoms with van der Waals surface area (Å²) in [6.45, 7) is 0. The Morgan fingerprint density at radius 3 is 1.04 bits per heavy atom. The minimum absolute atomic E-state index is 0.482. The normalized spacial score (nSPS) is 17.1. The molecule has 28 rings (SSSR count). The van der Waals surface area contributed by atoms with Gasteiger partial charge in [0, 0.05) is 86.8 Å². The van der Waals surface area contributed by atoms with Crippen molar-refractivity contribution in [3.8, 4) is 90.8 Å². The lowest BCUT2D eigenvalue weighted by Gasteiger charge is -2.47. The fourth-order valence-corrected chi connectivity index (χ4v) is 29.3. The Balaban J connectivity index is 0.598. The van der Waals surface area contributed by atoms with Gasteiger partial charge in [-0.25, -0.2) is 29.9 Å². The molecular formula is C120H72N8O2P2. The minimum Gasteiger partial charge on any atom is -0.309 e. The van der Waals surface area contributed by atoms with E-state index in [1.54, 1.807) is 0 Å². The third-order valence-electron chi connectivity index (χ3n) is 28.7. The molecular weight excluding hydrogens is 1650 g/mol. The molecule has 614 valence electrons. The molecule has 20 aromatic carbocycles. The maximum absolute atomic E-state index is 17.4. The standard InChI is InChI=1S/C120H72N8O2P2/c129-131(85-32-3-1-4-33-85)107-53-21-15-45-97(107)119(95-43-13-19-51-105(95)127-103-49-17-11-37-88(103)90-39-25-47-99(119)111(90)127)101-71-83(63-65-109(101)131)115-122-113(81-61-55-73-27-7-8-29-76(73)68-81)121-114(123-115)82-62-60-77-67-78(58-59-79(77)69-82)80-57-56-75-31-24-42-93(94(75)70-80)118-125-116(124-117(126-118)92-41-23-30-74-28-9-10-36-87(74)92)84-64-66-110-102(72-84)120(98-46-16-22-54-108(98)132(110,130)86-34-5-2-6-35-86)96-44-14-20-52-106(96)128-104-50-18-12-38-89(104)91-40-26-48-100(120)112(91)128/h1-72H.